The van der Waals surface area contributed by atoms with E-state index in [9.17, 15) is 0 Å². The van der Waals surface area contributed by atoms with Gasteiger partial charge in [0.05, 0.1) is 20.9 Å². The van der Waals surface area contributed by atoms with E-state index in [1.807, 2.05) is 24.3 Å². The van der Waals surface area contributed by atoms with Crippen LogP contribution in [0.15, 0.2) is 55.8 Å². The topological polar surface area (TPSA) is 83.7 Å². The van der Waals surface area contributed by atoms with Crippen molar-refractivity contribution in [1.29, 1.82) is 0 Å². The molecule has 0 spiro atoms. The second-order valence-electron chi connectivity index (χ2n) is 6.93. The number of nitrogens with zero attached hydrogens (tertiary/aromatic N) is 4. The molecular weight excluding hydrogens is 380 g/mol. The SMILES string of the molecule is C=CCN(CC=C)CCCc1nc2c(N)nc3cc(-c4ccn[nH]4)ccc3c2s1. The fourth-order valence-electron chi connectivity index (χ4n) is 3.49. The molecule has 148 valence electrons. The molecule has 0 amide bonds. The minimum absolute atomic E-state index is 0.483. The highest BCUT2D eigenvalue weighted by Gasteiger charge is 2.14. The second-order valence-corrected chi connectivity index (χ2v) is 8.01. The molecule has 0 unspecified atom stereocenters. The number of hydrogen-bond donors (Lipinski definition) is 2. The molecule has 0 aliphatic heterocycles. The molecule has 29 heavy (non-hydrogen) atoms. The van der Waals surface area contributed by atoms with Crippen molar-refractivity contribution in [2.24, 2.45) is 0 Å². The van der Waals surface area contributed by atoms with Gasteiger partial charge in [-0.1, -0.05) is 24.3 Å². The van der Waals surface area contributed by atoms with E-state index in [1.165, 1.54) is 0 Å². The number of nitrogen functional groups attached to an aromatic ring is 1. The number of H-pyrrole nitrogens is 1. The molecule has 3 N–H and O–H groups in total. The van der Waals surface area contributed by atoms with Crippen LogP contribution in [0.1, 0.15) is 11.4 Å². The normalized spacial score (nSPS) is 11.5. The molecule has 6 nitrogen and oxygen atoms in total. The Morgan fingerprint density at radius 2 is 1.97 bits per heavy atom. The molecular formula is C22H24N6S. The molecule has 0 saturated heterocycles. The van der Waals surface area contributed by atoms with Crippen LogP contribution >= 0.6 is 11.3 Å². The molecule has 0 fully saturated rings. The highest BCUT2D eigenvalue weighted by molar-refractivity contribution is 7.19. The van der Waals surface area contributed by atoms with E-state index in [0.29, 0.717) is 5.82 Å². The Bertz CT molecular complexity index is 1140. The van der Waals surface area contributed by atoms with Gasteiger partial charge in [-0.2, -0.15) is 5.10 Å². The number of nitrogens with one attached hydrogen (secondary N) is 1. The van der Waals surface area contributed by atoms with E-state index in [0.717, 1.165) is 69.9 Å². The van der Waals surface area contributed by atoms with Crippen molar-refractivity contribution in [3.05, 3.63) is 60.8 Å². The van der Waals surface area contributed by atoms with Gasteiger partial charge >= 0.3 is 0 Å². The number of aromatic nitrogens is 4. The number of nitrogens with two attached hydrogens (primary N) is 1. The van der Waals surface area contributed by atoms with Gasteiger partial charge in [0, 0.05) is 36.7 Å². The Hall–Kier alpha value is -3.03. The van der Waals surface area contributed by atoms with Gasteiger partial charge in [0.25, 0.3) is 0 Å². The summed E-state index contributed by atoms with van der Waals surface area (Å²) in [4.78, 5) is 11.7. The molecule has 3 heterocycles. The predicted octanol–water partition coefficient (Wildman–Crippen LogP) is 4.42. The molecule has 0 atom stereocenters. The van der Waals surface area contributed by atoms with Crippen LogP contribution in [0.5, 0.6) is 0 Å². The zero-order valence-electron chi connectivity index (χ0n) is 16.3. The average Bonchev–Trinajstić information content (AvgIpc) is 3.38. The van der Waals surface area contributed by atoms with Gasteiger partial charge in [0.2, 0.25) is 0 Å². The fourth-order valence-corrected chi connectivity index (χ4v) is 4.64. The lowest BCUT2D eigenvalue weighted by atomic mass is 10.1. The third-order valence-corrected chi connectivity index (χ3v) is 6.00. The number of benzene rings is 1. The van der Waals surface area contributed by atoms with Crippen molar-refractivity contribution in [2.45, 2.75) is 12.8 Å². The quantitative estimate of drug-likeness (QED) is 0.403. The highest BCUT2D eigenvalue weighted by Crippen LogP contribution is 2.34. The maximum absolute atomic E-state index is 6.24. The molecule has 1 aromatic carbocycles. The van der Waals surface area contributed by atoms with Crippen LogP contribution in [-0.2, 0) is 6.42 Å². The maximum Gasteiger partial charge on any atom is 0.151 e. The summed E-state index contributed by atoms with van der Waals surface area (Å²) < 4.78 is 1.10. The lowest BCUT2D eigenvalue weighted by molar-refractivity contribution is 0.330. The van der Waals surface area contributed by atoms with Crippen molar-refractivity contribution in [2.75, 3.05) is 25.4 Å². The summed E-state index contributed by atoms with van der Waals surface area (Å²) in [6, 6.07) is 8.16. The average molecular weight is 405 g/mol. The van der Waals surface area contributed by atoms with Crippen LogP contribution in [0.25, 0.3) is 32.4 Å². The van der Waals surface area contributed by atoms with E-state index in [1.54, 1.807) is 17.5 Å². The minimum Gasteiger partial charge on any atom is -0.382 e. The summed E-state index contributed by atoms with van der Waals surface area (Å²) in [5.41, 5.74) is 9.92. The first kappa shape index (κ1) is 19.3. The Labute approximate surface area is 173 Å². The van der Waals surface area contributed by atoms with Gasteiger partial charge in [-0.05, 0) is 25.1 Å². The lowest BCUT2D eigenvalue weighted by Crippen LogP contribution is -2.25. The summed E-state index contributed by atoms with van der Waals surface area (Å²) in [6.07, 6.45) is 7.54. The summed E-state index contributed by atoms with van der Waals surface area (Å²) >= 11 is 1.71. The molecule has 0 aliphatic carbocycles. The maximum atomic E-state index is 6.24. The van der Waals surface area contributed by atoms with Crippen molar-refractivity contribution < 1.29 is 0 Å². The highest BCUT2D eigenvalue weighted by atomic mass is 32.1. The van der Waals surface area contributed by atoms with Gasteiger partial charge in [0.1, 0.15) is 5.52 Å². The molecule has 0 saturated carbocycles. The molecule has 7 heteroatoms. The number of fused-ring (bicyclic) bond motifs is 3. The van der Waals surface area contributed by atoms with E-state index in [2.05, 4.69) is 45.4 Å². The zero-order chi connectivity index (χ0) is 20.2. The first-order valence-electron chi connectivity index (χ1n) is 9.62. The number of rotatable bonds is 9. The zero-order valence-corrected chi connectivity index (χ0v) is 17.1. The Kier molecular flexibility index (Phi) is 5.69. The number of aryl methyl sites for hydroxylation is 1. The van der Waals surface area contributed by atoms with Crippen molar-refractivity contribution in [3.8, 4) is 11.3 Å². The molecule has 0 radical (unpaired) electrons. The van der Waals surface area contributed by atoms with E-state index >= 15 is 0 Å². The standard InChI is InChI=1S/C22H24N6S/c1-3-11-28(12-4-2)13-5-6-19-26-20-21(29-19)16-8-7-15(17-9-10-24-27-17)14-18(16)25-22(20)23/h3-4,7-10,14H,1-2,5-6,11-13H2,(H2,23,25)(H,24,27). The van der Waals surface area contributed by atoms with Crippen molar-refractivity contribution in [3.63, 3.8) is 0 Å². The number of pyridine rings is 1. The summed E-state index contributed by atoms with van der Waals surface area (Å²) in [7, 11) is 0. The van der Waals surface area contributed by atoms with Gasteiger partial charge in [-0.3, -0.25) is 10.00 Å². The van der Waals surface area contributed by atoms with Crippen molar-refractivity contribution >= 4 is 38.3 Å². The van der Waals surface area contributed by atoms with Crippen molar-refractivity contribution in [1.82, 2.24) is 25.1 Å². The van der Waals surface area contributed by atoms with Gasteiger partial charge < -0.3 is 5.73 Å². The largest absolute Gasteiger partial charge is 0.382 e. The molecule has 0 aliphatic rings. The second kappa shape index (κ2) is 8.55. The van der Waals surface area contributed by atoms with Crippen LogP contribution in [0.4, 0.5) is 5.82 Å². The van der Waals surface area contributed by atoms with E-state index in [4.69, 9.17) is 10.7 Å². The third kappa shape index (κ3) is 4.06. The first-order valence-corrected chi connectivity index (χ1v) is 10.4. The first-order chi connectivity index (χ1) is 14.2. The molecule has 4 aromatic rings. The predicted molar refractivity (Wildman–Crippen MR) is 122 cm³/mol. The Balaban J connectivity index is 1.59. The number of aromatic amines is 1. The van der Waals surface area contributed by atoms with Crippen LogP contribution in [-0.4, -0.2) is 44.7 Å². The Morgan fingerprint density at radius 3 is 2.69 bits per heavy atom. The monoisotopic (exact) mass is 404 g/mol. The van der Waals surface area contributed by atoms with E-state index < -0.39 is 0 Å². The summed E-state index contributed by atoms with van der Waals surface area (Å²) in [5.74, 6) is 0.483. The van der Waals surface area contributed by atoms with Crippen LogP contribution < -0.4 is 5.73 Å². The lowest BCUT2D eigenvalue weighted by Gasteiger charge is -2.17. The molecule has 0 bridgehead atoms. The smallest absolute Gasteiger partial charge is 0.151 e. The minimum atomic E-state index is 0.483. The summed E-state index contributed by atoms with van der Waals surface area (Å²) in [6.45, 7) is 10.4. The molecule has 4 rings (SSSR count). The summed E-state index contributed by atoms with van der Waals surface area (Å²) in [5, 5.41) is 9.19. The number of anilines is 1. The Morgan fingerprint density at radius 1 is 1.14 bits per heavy atom. The number of hydrogen-bond acceptors (Lipinski definition) is 6. The van der Waals surface area contributed by atoms with Crippen LogP contribution in [0.3, 0.4) is 0 Å². The van der Waals surface area contributed by atoms with Crippen LogP contribution in [0, 0.1) is 0 Å². The third-order valence-electron chi connectivity index (χ3n) is 4.85. The molecule has 3 aromatic heterocycles. The van der Waals surface area contributed by atoms with Gasteiger partial charge in [-0.25, -0.2) is 9.97 Å². The number of thiazole rings is 1. The van der Waals surface area contributed by atoms with Gasteiger partial charge in [-0.15, -0.1) is 24.5 Å². The fraction of sp³-hybridized carbons (Fsp3) is 0.227. The van der Waals surface area contributed by atoms with Gasteiger partial charge in [0.15, 0.2) is 5.82 Å². The van der Waals surface area contributed by atoms with E-state index in [-0.39, 0.29) is 0 Å². The van der Waals surface area contributed by atoms with Crippen LogP contribution in [0.2, 0.25) is 0 Å².